The van der Waals surface area contributed by atoms with Gasteiger partial charge < -0.3 is 10.1 Å². The van der Waals surface area contributed by atoms with E-state index in [9.17, 15) is 4.79 Å². The van der Waals surface area contributed by atoms with Gasteiger partial charge in [0.1, 0.15) is 5.75 Å². The zero-order valence-corrected chi connectivity index (χ0v) is 16.3. The van der Waals surface area contributed by atoms with E-state index in [4.69, 9.17) is 16.3 Å². The SMILES string of the molecule is CC[C@@H](NC(=O)[C@H](C)Oc1ccc(Cl)c(C)c1)c1ccc(C)c(C)c1. The zero-order chi connectivity index (χ0) is 18.6. The van der Waals surface area contributed by atoms with E-state index in [2.05, 4.69) is 44.3 Å². The normalized spacial score (nSPS) is 13.2. The lowest BCUT2D eigenvalue weighted by Gasteiger charge is -2.22. The summed E-state index contributed by atoms with van der Waals surface area (Å²) < 4.78 is 5.77. The molecule has 134 valence electrons. The average Bonchev–Trinajstić information content (AvgIpc) is 2.58. The quantitative estimate of drug-likeness (QED) is 0.760. The summed E-state index contributed by atoms with van der Waals surface area (Å²) in [6.07, 6.45) is 0.238. The number of rotatable bonds is 6. The first-order valence-electron chi connectivity index (χ1n) is 8.62. The molecule has 2 aromatic carbocycles. The number of amides is 1. The molecule has 3 nitrogen and oxygen atoms in total. The van der Waals surface area contributed by atoms with Gasteiger partial charge in [0.05, 0.1) is 6.04 Å². The molecule has 0 spiro atoms. The first-order chi connectivity index (χ1) is 11.8. The standard InChI is InChI=1S/C21H26ClNO2/c1-6-20(17-8-7-13(2)14(3)11-17)23-21(24)16(5)25-18-9-10-19(22)15(4)12-18/h7-12,16,20H,6H2,1-5H3,(H,23,24)/t16-,20+/m0/s1. The summed E-state index contributed by atoms with van der Waals surface area (Å²) in [5.41, 5.74) is 4.52. The molecule has 0 saturated heterocycles. The molecule has 0 bridgehead atoms. The zero-order valence-electron chi connectivity index (χ0n) is 15.5. The maximum atomic E-state index is 12.5. The van der Waals surface area contributed by atoms with E-state index in [-0.39, 0.29) is 11.9 Å². The Hall–Kier alpha value is -2.00. The molecule has 0 radical (unpaired) electrons. The van der Waals surface area contributed by atoms with Gasteiger partial charge in [-0.1, -0.05) is 36.7 Å². The second-order valence-corrected chi connectivity index (χ2v) is 6.89. The molecular formula is C21H26ClNO2. The van der Waals surface area contributed by atoms with Crippen molar-refractivity contribution in [2.75, 3.05) is 0 Å². The van der Waals surface area contributed by atoms with Crippen molar-refractivity contribution >= 4 is 17.5 Å². The molecule has 0 unspecified atom stereocenters. The highest BCUT2D eigenvalue weighted by atomic mass is 35.5. The molecule has 0 saturated carbocycles. The van der Waals surface area contributed by atoms with E-state index in [1.165, 1.54) is 11.1 Å². The number of carbonyl (C=O) groups excluding carboxylic acids is 1. The third kappa shape index (κ3) is 4.99. The highest BCUT2D eigenvalue weighted by Crippen LogP contribution is 2.23. The van der Waals surface area contributed by atoms with Crippen LogP contribution in [0.25, 0.3) is 0 Å². The molecule has 0 aliphatic rings. The van der Waals surface area contributed by atoms with Crippen LogP contribution >= 0.6 is 11.6 Å². The van der Waals surface area contributed by atoms with Gasteiger partial charge >= 0.3 is 0 Å². The molecular weight excluding hydrogens is 334 g/mol. The van der Waals surface area contributed by atoms with Gasteiger partial charge in [0, 0.05) is 5.02 Å². The number of aryl methyl sites for hydroxylation is 3. The summed E-state index contributed by atoms with van der Waals surface area (Å²) >= 11 is 6.02. The number of ether oxygens (including phenoxy) is 1. The molecule has 2 rings (SSSR count). The van der Waals surface area contributed by atoms with Crippen molar-refractivity contribution in [3.05, 3.63) is 63.7 Å². The van der Waals surface area contributed by atoms with Gasteiger partial charge in [0.15, 0.2) is 6.10 Å². The highest BCUT2D eigenvalue weighted by molar-refractivity contribution is 6.31. The smallest absolute Gasteiger partial charge is 0.261 e. The monoisotopic (exact) mass is 359 g/mol. The van der Waals surface area contributed by atoms with Crippen molar-refractivity contribution < 1.29 is 9.53 Å². The van der Waals surface area contributed by atoms with E-state index < -0.39 is 6.10 Å². The molecule has 2 atom stereocenters. The summed E-state index contributed by atoms with van der Waals surface area (Å²) in [5.74, 6) is 0.515. The molecule has 2 aromatic rings. The van der Waals surface area contributed by atoms with Gasteiger partial charge in [-0.3, -0.25) is 4.79 Å². The molecule has 4 heteroatoms. The van der Waals surface area contributed by atoms with Crippen LogP contribution in [-0.4, -0.2) is 12.0 Å². The van der Waals surface area contributed by atoms with Gasteiger partial charge in [0.2, 0.25) is 0 Å². The topological polar surface area (TPSA) is 38.3 Å². The van der Waals surface area contributed by atoms with Crippen LogP contribution in [0.1, 0.15) is 48.6 Å². The van der Waals surface area contributed by atoms with Crippen molar-refractivity contribution in [2.45, 2.75) is 53.2 Å². The van der Waals surface area contributed by atoms with Crippen molar-refractivity contribution in [3.8, 4) is 5.75 Å². The van der Waals surface area contributed by atoms with Crippen molar-refractivity contribution in [1.29, 1.82) is 0 Å². The fraction of sp³-hybridized carbons (Fsp3) is 0.381. The maximum absolute atomic E-state index is 12.5. The Balaban J connectivity index is 2.05. The number of nitrogens with one attached hydrogen (secondary N) is 1. The third-order valence-electron chi connectivity index (χ3n) is 4.47. The van der Waals surface area contributed by atoms with Crippen LogP contribution in [0.2, 0.25) is 5.02 Å². The van der Waals surface area contributed by atoms with Gasteiger partial charge in [-0.15, -0.1) is 0 Å². The number of benzene rings is 2. The predicted octanol–water partition coefficient (Wildman–Crippen LogP) is 5.30. The van der Waals surface area contributed by atoms with E-state index in [1.54, 1.807) is 19.1 Å². The van der Waals surface area contributed by atoms with E-state index >= 15 is 0 Å². The fourth-order valence-corrected chi connectivity index (χ4v) is 2.76. The Morgan fingerprint density at radius 2 is 1.80 bits per heavy atom. The van der Waals surface area contributed by atoms with E-state index in [0.29, 0.717) is 10.8 Å². The summed E-state index contributed by atoms with van der Waals surface area (Å²) in [4.78, 5) is 12.5. The molecule has 25 heavy (non-hydrogen) atoms. The second kappa shape index (κ2) is 8.39. The first-order valence-corrected chi connectivity index (χ1v) is 9.00. The van der Waals surface area contributed by atoms with Crippen molar-refractivity contribution in [2.24, 2.45) is 0 Å². The fourth-order valence-electron chi connectivity index (χ4n) is 2.64. The van der Waals surface area contributed by atoms with Crippen molar-refractivity contribution in [3.63, 3.8) is 0 Å². The second-order valence-electron chi connectivity index (χ2n) is 6.48. The molecule has 0 aliphatic heterocycles. The summed E-state index contributed by atoms with van der Waals surface area (Å²) in [6.45, 7) is 9.90. The molecule has 0 aliphatic carbocycles. The number of carbonyl (C=O) groups is 1. The molecule has 0 heterocycles. The first kappa shape index (κ1) is 19.3. The van der Waals surface area contributed by atoms with Crippen LogP contribution in [0.4, 0.5) is 0 Å². The Bertz CT molecular complexity index is 758. The van der Waals surface area contributed by atoms with Crippen LogP contribution in [0.5, 0.6) is 5.75 Å². The summed E-state index contributed by atoms with van der Waals surface area (Å²) in [7, 11) is 0. The Labute approximate surface area is 155 Å². The minimum Gasteiger partial charge on any atom is -0.481 e. The van der Waals surface area contributed by atoms with E-state index in [0.717, 1.165) is 17.5 Å². The molecule has 0 aromatic heterocycles. The third-order valence-corrected chi connectivity index (χ3v) is 4.89. The van der Waals surface area contributed by atoms with Gasteiger partial charge in [0.25, 0.3) is 5.91 Å². The Kier molecular flexibility index (Phi) is 6.49. The lowest BCUT2D eigenvalue weighted by atomic mass is 9.99. The number of hydrogen-bond acceptors (Lipinski definition) is 2. The van der Waals surface area contributed by atoms with Crippen LogP contribution in [-0.2, 0) is 4.79 Å². The average molecular weight is 360 g/mol. The maximum Gasteiger partial charge on any atom is 0.261 e. The Morgan fingerprint density at radius 3 is 2.40 bits per heavy atom. The van der Waals surface area contributed by atoms with Gasteiger partial charge in [-0.25, -0.2) is 0 Å². The van der Waals surface area contributed by atoms with Gasteiger partial charge in [-0.2, -0.15) is 0 Å². The van der Waals surface area contributed by atoms with Crippen LogP contribution in [0.3, 0.4) is 0 Å². The minimum atomic E-state index is -0.582. The van der Waals surface area contributed by atoms with Crippen LogP contribution in [0, 0.1) is 20.8 Å². The number of hydrogen-bond donors (Lipinski definition) is 1. The van der Waals surface area contributed by atoms with Crippen LogP contribution in [0.15, 0.2) is 36.4 Å². The lowest BCUT2D eigenvalue weighted by molar-refractivity contribution is -0.128. The Morgan fingerprint density at radius 1 is 1.08 bits per heavy atom. The summed E-state index contributed by atoms with van der Waals surface area (Å²) in [5, 5.41) is 3.77. The summed E-state index contributed by atoms with van der Waals surface area (Å²) in [6, 6.07) is 11.7. The number of halogens is 1. The van der Waals surface area contributed by atoms with E-state index in [1.807, 2.05) is 13.0 Å². The molecule has 0 fully saturated rings. The molecule has 1 amide bonds. The van der Waals surface area contributed by atoms with Crippen molar-refractivity contribution in [1.82, 2.24) is 5.32 Å². The largest absolute Gasteiger partial charge is 0.481 e. The van der Waals surface area contributed by atoms with Crippen LogP contribution < -0.4 is 10.1 Å². The highest BCUT2D eigenvalue weighted by Gasteiger charge is 2.19. The lowest BCUT2D eigenvalue weighted by Crippen LogP contribution is -2.38. The molecule has 1 N–H and O–H groups in total. The minimum absolute atomic E-state index is 0.0233. The van der Waals surface area contributed by atoms with Gasteiger partial charge in [-0.05, 0) is 74.6 Å². The predicted molar refractivity (Wildman–Crippen MR) is 103 cm³/mol.